The number of alkyl halides is 3. The van der Waals surface area contributed by atoms with Gasteiger partial charge in [0.15, 0.2) is 0 Å². The number of likely N-dealkylation sites (tertiary alicyclic amines) is 1. The van der Waals surface area contributed by atoms with Gasteiger partial charge in [0.05, 0.1) is 5.56 Å². The van der Waals surface area contributed by atoms with Gasteiger partial charge in [-0.2, -0.15) is 13.2 Å². The lowest BCUT2D eigenvalue weighted by molar-refractivity contribution is -0.137. The number of pyridine rings is 2. The van der Waals surface area contributed by atoms with Crippen molar-refractivity contribution >= 4 is 11.7 Å². The minimum absolute atomic E-state index is 0.0575. The van der Waals surface area contributed by atoms with Gasteiger partial charge in [-0.15, -0.1) is 0 Å². The molecular weight excluding hydrogens is 373 g/mol. The number of amides is 1. The van der Waals surface area contributed by atoms with Crippen LogP contribution in [-0.4, -0.2) is 46.5 Å². The fourth-order valence-electron chi connectivity index (χ4n) is 3.46. The van der Waals surface area contributed by atoms with Gasteiger partial charge in [-0.3, -0.25) is 9.59 Å². The smallest absolute Gasteiger partial charge is 0.354 e. The average molecular weight is 394 g/mol. The van der Waals surface area contributed by atoms with Gasteiger partial charge in [-0.25, -0.2) is 4.98 Å². The van der Waals surface area contributed by atoms with Gasteiger partial charge in [0.25, 0.3) is 11.5 Å². The maximum atomic E-state index is 13.3. The number of anilines is 1. The standard InChI is InChI=1S/C19H21F3N4O2/c1-24-10-5-7-14(17(24)27)18(28)26-11-4-6-13(12-26)25(2)16-15(19(20,21)22)8-3-9-23-16/h3,5,7-10,13H,4,6,11-12H2,1-2H3. The van der Waals surface area contributed by atoms with Crippen LogP contribution in [0.4, 0.5) is 19.0 Å². The largest absolute Gasteiger partial charge is 0.419 e. The van der Waals surface area contributed by atoms with E-state index in [0.717, 1.165) is 6.07 Å². The number of aromatic nitrogens is 2. The monoisotopic (exact) mass is 394 g/mol. The first-order valence-electron chi connectivity index (χ1n) is 8.90. The fourth-order valence-corrected chi connectivity index (χ4v) is 3.46. The minimum atomic E-state index is -4.52. The van der Waals surface area contributed by atoms with Crippen LogP contribution in [0.15, 0.2) is 41.5 Å². The molecule has 6 nitrogen and oxygen atoms in total. The summed E-state index contributed by atoms with van der Waals surface area (Å²) >= 11 is 0. The lowest BCUT2D eigenvalue weighted by Crippen LogP contribution is -2.50. The summed E-state index contributed by atoms with van der Waals surface area (Å²) in [6.45, 7) is 0.677. The molecule has 2 aromatic rings. The Kier molecular flexibility index (Phi) is 5.44. The van der Waals surface area contributed by atoms with E-state index in [4.69, 9.17) is 0 Å². The average Bonchev–Trinajstić information content (AvgIpc) is 2.68. The van der Waals surface area contributed by atoms with Crippen molar-refractivity contribution in [3.8, 4) is 0 Å². The number of likely N-dealkylation sites (N-methyl/N-ethyl adjacent to an activating group) is 1. The van der Waals surface area contributed by atoms with Gasteiger partial charge in [-0.1, -0.05) is 0 Å². The molecule has 9 heteroatoms. The van der Waals surface area contributed by atoms with E-state index in [2.05, 4.69) is 4.98 Å². The number of carbonyl (C=O) groups is 1. The summed E-state index contributed by atoms with van der Waals surface area (Å²) in [4.78, 5) is 31.9. The van der Waals surface area contributed by atoms with Crippen LogP contribution in [0.25, 0.3) is 0 Å². The number of halogens is 3. The third-order valence-corrected chi connectivity index (χ3v) is 5.01. The van der Waals surface area contributed by atoms with E-state index in [1.54, 1.807) is 26.4 Å². The van der Waals surface area contributed by atoms with Gasteiger partial charge in [-0.05, 0) is 37.1 Å². The van der Waals surface area contributed by atoms with E-state index in [-0.39, 0.29) is 24.0 Å². The maximum absolute atomic E-state index is 13.3. The summed E-state index contributed by atoms with van der Waals surface area (Å²) in [5, 5.41) is 0. The number of nitrogens with zero attached hydrogens (tertiary/aromatic N) is 4. The molecule has 1 fully saturated rings. The molecule has 1 saturated heterocycles. The molecule has 0 radical (unpaired) electrons. The van der Waals surface area contributed by atoms with Crippen LogP contribution >= 0.6 is 0 Å². The van der Waals surface area contributed by atoms with Gasteiger partial charge in [0, 0.05) is 45.6 Å². The van der Waals surface area contributed by atoms with Crippen LogP contribution < -0.4 is 10.5 Å². The predicted octanol–water partition coefficient (Wildman–Crippen LogP) is 2.54. The zero-order valence-corrected chi connectivity index (χ0v) is 15.6. The highest BCUT2D eigenvalue weighted by Crippen LogP contribution is 2.36. The fraction of sp³-hybridized carbons (Fsp3) is 0.421. The Balaban J connectivity index is 1.83. The first-order valence-corrected chi connectivity index (χ1v) is 8.90. The van der Waals surface area contributed by atoms with Crippen molar-refractivity contribution in [3.05, 3.63) is 58.1 Å². The number of piperidine rings is 1. The van der Waals surface area contributed by atoms with Crippen LogP contribution in [-0.2, 0) is 13.2 Å². The quantitative estimate of drug-likeness (QED) is 0.803. The Morgan fingerprint density at radius 3 is 2.75 bits per heavy atom. The Hall–Kier alpha value is -2.84. The van der Waals surface area contributed by atoms with Crippen molar-refractivity contribution in [2.45, 2.75) is 25.1 Å². The van der Waals surface area contributed by atoms with Crippen molar-refractivity contribution in [2.24, 2.45) is 7.05 Å². The molecule has 0 aliphatic carbocycles. The van der Waals surface area contributed by atoms with Crippen molar-refractivity contribution in [2.75, 3.05) is 25.0 Å². The molecule has 3 heterocycles. The zero-order valence-electron chi connectivity index (χ0n) is 15.6. The van der Waals surface area contributed by atoms with Gasteiger partial charge >= 0.3 is 6.18 Å². The molecule has 0 saturated carbocycles. The molecule has 3 rings (SSSR count). The minimum Gasteiger partial charge on any atom is -0.354 e. The molecule has 150 valence electrons. The second kappa shape index (κ2) is 7.65. The summed E-state index contributed by atoms with van der Waals surface area (Å²) in [5.74, 6) is -0.568. The number of hydrogen-bond acceptors (Lipinski definition) is 4. The summed E-state index contributed by atoms with van der Waals surface area (Å²) in [5.41, 5.74) is -1.15. The zero-order chi connectivity index (χ0) is 20.5. The van der Waals surface area contributed by atoms with E-state index < -0.39 is 23.2 Å². The molecule has 0 bridgehead atoms. The molecule has 0 N–H and O–H groups in total. The summed E-state index contributed by atoms with van der Waals surface area (Å²) in [6, 6.07) is 5.01. The first-order chi connectivity index (χ1) is 13.2. The Morgan fingerprint density at radius 2 is 2.04 bits per heavy atom. The van der Waals surface area contributed by atoms with Crippen LogP contribution in [0.1, 0.15) is 28.8 Å². The number of aryl methyl sites for hydroxylation is 1. The molecular formula is C19H21F3N4O2. The number of rotatable bonds is 3. The van der Waals surface area contributed by atoms with Gasteiger partial charge in [0.2, 0.25) is 0 Å². The normalized spacial score (nSPS) is 17.5. The van der Waals surface area contributed by atoms with Crippen LogP contribution in [0.3, 0.4) is 0 Å². The van der Waals surface area contributed by atoms with Crippen molar-refractivity contribution in [1.82, 2.24) is 14.5 Å². The van der Waals surface area contributed by atoms with E-state index in [0.29, 0.717) is 19.4 Å². The molecule has 0 spiro atoms. The SMILES string of the molecule is CN(c1ncccc1C(F)(F)F)C1CCCN(C(=O)c2cccn(C)c2=O)C1. The number of hydrogen-bond donors (Lipinski definition) is 0. The number of carbonyl (C=O) groups excluding carboxylic acids is 1. The Bertz CT molecular complexity index is 926. The topological polar surface area (TPSA) is 58.4 Å². The molecule has 1 aliphatic heterocycles. The highest BCUT2D eigenvalue weighted by atomic mass is 19.4. The lowest BCUT2D eigenvalue weighted by atomic mass is 10.0. The molecule has 0 aromatic carbocycles. The predicted molar refractivity (Wildman–Crippen MR) is 98.3 cm³/mol. The third kappa shape index (κ3) is 3.88. The highest BCUT2D eigenvalue weighted by Gasteiger charge is 2.37. The van der Waals surface area contributed by atoms with Crippen LogP contribution in [0, 0.1) is 0 Å². The van der Waals surface area contributed by atoms with E-state index in [9.17, 15) is 22.8 Å². The molecule has 1 atom stereocenters. The molecule has 1 unspecified atom stereocenters. The molecule has 28 heavy (non-hydrogen) atoms. The van der Waals surface area contributed by atoms with Crippen molar-refractivity contribution in [1.29, 1.82) is 0 Å². The molecule has 2 aromatic heterocycles. The second-order valence-corrected chi connectivity index (χ2v) is 6.87. The molecule has 1 aliphatic rings. The van der Waals surface area contributed by atoms with Crippen LogP contribution in [0.5, 0.6) is 0 Å². The van der Waals surface area contributed by atoms with Crippen molar-refractivity contribution < 1.29 is 18.0 Å². The Labute approximate surface area is 160 Å². The van der Waals surface area contributed by atoms with E-state index in [1.807, 2.05) is 0 Å². The summed E-state index contributed by atoms with van der Waals surface area (Å²) < 4.78 is 41.3. The maximum Gasteiger partial charge on any atom is 0.419 e. The summed E-state index contributed by atoms with van der Waals surface area (Å²) in [6.07, 6.45) is -0.382. The third-order valence-electron chi connectivity index (χ3n) is 5.01. The van der Waals surface area contributed by atoms with Crippen LogP contribution in [0.2, 0.25) is 0 Å². The van der Waals surface area contributed by atoms with Gasteiger partial charge < -0.3 is 14.4 Å². The first kappa shape index (κ1) is 19.9. The van der Waals surface area contributed by atoms with Gasteiger partial charge in [0.1, 0.15) is 11.4 Å². The second-order valence-electron chi connectivity index (χ2n) is 6.87. The Morgan fingerprint density at radius 1 is 1.29 bits per heavy atom. The molecule has 1 amide bonds. The lowest BCUT2D eigenvalue weighted by Gasteiger charge is -2.38. The van der Waals surface area contributed by atoms with Crippen molar-refractivity contribution in [3.63, 3.8) is 0 Å². The van der Waals surface area contributed by atoms with E-state index in [1.165, 1.54) is 32.7 Å². The van der Waals surface area contributed by atoms with E-state index >= 15 is 0 Å². The highest BCUT2D eigenvalue weighted by molar-refractivity contribution is 5.94. The summed E-state index contributed by atoms with van der Waals surface area (Å²) in [7, 11) is 3.11.